The van der Waals surface area contributed by atoms with Gasteiger partial charge in [-0.3, -0.25) is 4.79 Å². The van der Waals surface area contributed by atoms with E-state index in [1.54, 1.807) is 20.0 Å². The van der Waals surface area contributed by atoms with Crippen molar-refractivity contribution in [1.29, 1.82) is 0 Å². The van der Waals surface area contributed by atoms with E-state index in [2.05, 4.69) is 4.98 Å². The molecule has 0 radical (unpaired) electrons. The summed E-state index contributed by atoms with van der Waals surface area (Å²) in [7, 11) is 1.67. The number of esters is 1. The molecular weight excluding hydrogens is 400 g/mol. The zero-order valence-electron chi connectivity index (χ0n) is 16.6. The first-order chi connectivity index (χ1) is 14.5. The highest BCUT2D eigenvalue weighted by atomic mass is 32.1. The number of para-hydroxylation sites is 1. The van der Waals surface area contributed by atoms with Gasteiger partial charge in [0.2, 0.25) is 5.76 Å². The van der Waals surface area contributed by atoms with Crippen LogP contribution in [0.2, 0.25) is 0 Å². The first-order valence-electron chi connectivity index (χ1n) is 9.46. The van der Waals surface area contributed by atoms with Crippen LogP contribution in [0.1, 0.15) is 22.5 Å². The third-order valence-electron chi connectivity index (χ3n) is 4.65. The zero-order chi connectivity index (χ0) is 21.1. The van der Waals surface area contributed by atoms with Crippen molar-refractivity contribution in [2.45, 2.75) is 19.6 Å². The number of carbonyl (C=O) groups is 2. The predicted octanol–water partition coefficient (Wildman–Crippen LogP) is 4.76. The Morgan fingerprint density at radius 2 is 1.83 bits per heavy atom. The highest BCUT2D eigenvalue weighted by molar-refractivity contribution is 7.18. The number of rotatable bonds is 6. The van der Waals surface area contributed by atoms with E-state index in [0.29, 0.717) is 12.1 Å². The van der Waals surface area contributed by atoms with Crippen molar-refractivity contribution in [1.82, 2.24) is 9.88 Å². The Hall–Kier alpha value is -3.45. The Morgan fingerprint density at radius 1 is 1.10 bits per heavy atom. The molecule has 7 heteroatoms. The highest BCUT2D eigenvalue weighted by Crippen LogP contribution is 2.26. The van der Waals surface area contributed by atoms with Crippen LogP contribution in [-0.2, 0) is 16.1 Å². The lowest BCUT2D eigenvalue weighted by Gasteiger charge is -2.20. The molecular formula is C23H20N2O4S. The smallest absolute Gasteiger partial charge is 0.375 e. The molecule has 30 heavy (non-hydrogen) atoms. The van der Waals surface area contributed by atoms with Crippen molar-refractivity contribution in [3.8, 4) is 11.1 Å². The molecule has 0 aliphatic heterocycles. The fourth-order valence-corrected chi connectivity index (χ4v) is 4.18. The zero-order valence-corrected chi connectivity index (χ0v) is 17.4. The summed E-state index contributed by atoms with van der Waals surface area (Å²) in [5.41, 5.74) is 2.37. The number of ether oxygens (including phenoxy) is 1. The van der Waals surface area contributed by atoms with E-state index < -0.39 is 12.1 Å². The molecule has 6 nitrogen and oxygen atoms in total. The molecule has 0 aliphatic carbocycles. The van der Waals surface area contributed by atoms with Crippen LogP contribution in [0.3, 0.4) is 0 Å². The first-order valence-corrected chi connectivity index (χ1v) is 10.3. The molecule has 0 fully saturated rings. The summed E-state index contributed by atoms with van der Waals surface area (Å²) < 4.78 is 11.8. The van der Waals surface area contributed by atoms with Crippen molar-refractivity contribution in [2.24, 2.45) is 0 Å². The van der Waals surface area contributed by atoms with Crippen LogP contribution in [0, 0.1) is 0 Å². The minimum Gasteiger partial charge on any atom is -0.457 e. The van der Waals surface area contributed by atoms with E-state index in [-0.39, 0.29) is 11.7 Å². The summed E-state index contributed by atoms with van der Waals surface area (Å²) in [5.74, 6) is -0.904. The molecule has 152 valence electrons. The Labute approximate surface area is 177 Å². The maximum Gasteiger partial charge on any atom is 0.375 e. The number of hydrogen-bond acceptors (Lipinski definition) is 6. The number of hydrogen-bond donors (Lipinski definition) is 0. The number of carbonyl (C=O) groups excluding carboxylic acids is 2. The molecule has 1 unspecified atom stereocenters. The molecule has 0 spiro atoms. The second kappa shape index (κ2) is 8.51. The molecule has 0 saturated heterocycles. The number of nitrogens with zero attached hydrogens (tertiary/aromatic N) is 2. The second-order valence-corrected chi connectivity index (χ2v) is 7.96. The van der Waals surface area contributed by atoms with E-state index in [1.165, 1.54) is 22.5 Å². The molecule has 2 heterocycles. The van der Waals surface area contributed by atoms with Gasteiger partial charge in [-0.25, -0.2) is 9.78 Å². The second-order valence-electron chi connectivity index (χ2n) is 6.85. The third-order valence-corrected chi connectivity index (χ3v) is 5.67. The summed E-state index contributed by atoms with van der Waals surface area (Å²) in [6.07, 6.45) is 0.482. The Bertz CT molecular complexity index is 1150. The number of thiazole rings is 1. The third kappa shape index (κ3) is 4.11. The Kier molecular flexibility index (Phi) is 5.63. The number of furan rings is 1. The Morgan fingerprint density at radius 3 is 2.60 bits per heavy atom. The maximum absolute atomic E-state index is 12.7. The molecule has 0 saturated carbocycles. The summed E-state index contributed by atoms with van der Waals surface area (Å²) in [4.78, 5) is 31.4. The van der Waals surface area contributed by atoms with Gasteiger partial charge in [0.25, 0.3) is 5.91 Å². The van der Waals surface area contributed by atoms with Gasteiger partial charge in [-0.05, 0) is 30.7 Å². The molecule has 2 aromatic heterocycles. The van der Waals surface area contributed by atoms with Gasteiger partial charge in [0.15, 0.2) is 6.10 Å². The van der Waals surface area contributed by atoms with Crippen LogP contribution in [0.15, 0.2) is 71.3 Å². The van der Waals surface area contributed by atoms with Crippen molar-refractivity contribution < 1.29 is 18.7 Å². The van der Waals surface area contributed by atoms with Crippen LogP contribution in [-0.4, -0.2) is 34.9 Å². The van der Waals surface area contributed by atoms with Gasteiger partial charge >= 0.3 is 5.97 Å². The summed E-state index contributed by atoms with van der Waals surface area (Å²) in [6.45, 7) is 1.90. The van der Waals surface area contributed by atoms with Crippen molar-refractivity contribution >= 4 is 33.4 Å². The van der Waals surface area contributed by atoms with E-state index in [9.17, 15) is 9.59 Å². The van der Waals surface area contributed by atoms with E-state index >= 15 is 0 Å². The Balaban J connectivity index is 1.42. The quantitative estimate of drug-likeness (QED) is 0.421. The number of aromatic nitrogens is 1. The molecule has 4 aromatic rings. The number of amides is 1. The first kappa shape index (κ1) is 19.8. The van der Waals surface area contributed by atoms with Gasteiger partial charge in [0, 0.05) is 12.6 Å². The fraction of sp³-hybridized carbons (Fsp3) is 0.174. The molecule has 4 rings (SSSR count). The summed E-state index contributed by atoms with van der Waals surface area (Å²) in [5, 5.41) is 0.822. The van der Waals surface area contributed by atoms with Crippen LogP contribution in [0.4, 0.5) is 0 Å². The number of likely N-dealkylation sites (N-methyl/N-ethyl adjacent to an activating group) is 1. The normalized spacial score (nSPS) is 11.9. The largest absolute Gasteiger partial charge is 0.457 e. The fourth-order valence-electron chi connectivity index (χ4n) is 3.16. The molecule has 1 atom stereocenters. The lowest BCUT2D eigenvalue weighted by atomic mass is 10.1. The molecule has 0 bridgehead atoms. The predicted molar refractivity (Wildman–Crippen MR) is 115 cm³/mol. The van der Waals surface area contributed by atoms with Crippen LogP contribution < -0.4 is 0 Å². The maximum atomic E-state index is 12.7. The van der Waals surface area contributed by atoms with Gasteiger partial charge < -0.3 is 14.1 Å². The van der Waals surface area contributed by atoms with Gasteiger partial charge in [0.1, 0.15) is 5.01 Å². The average molecular weight is 420 g/mol. The highest BCUT2D eigenvalue weighted by Gasteiger charge is 2.26. The minimum absolute atomic E-state index is 0.0784. The van der Waals surface area contributed by atoms with Crippen molar-refractivity contribution in [3.63, 3.8) is 0 Å². The van der Waals surface area contributed by atoms with E-state index in [0.717, 1.165) is 20.8 Å². The lowest BCUT2D eigenvalue weighted by Crippen LogP contribution is -2.37. The van der Waals surface area contributed by atoms with Crippen molar-refractivity contribution in [3.05, 3.63) is 77.7 Å². The number of benzene rings is 2. The van der Waals surface area contributed by atoms with Gasteiger partial charge in [-0.15, -0.1) is 11.3 Å². The van der Waals surface area contributed by atoms with E-state index in [4.69, 9.17) is 9.15 Å². The SMILES string of the molecule is CC(OC(=O)c1occc1-c1ccccc1)C(=O)N(C)Cc1nc2ccccc2s1. The van der Waals surface area contributed by atoms with E-state index in [1.807, 2.05) is 54.6 Å². The van der Waals surface area contributed by atoms with Gasteiger partial charge in [0.05, 0.1) is 23.0 Å². The lowest BCUT2D eigenvalue weighted by molar-refractivity contribution is -0.139. The monoisotopic (exact) mass is 420 g/mol. The molecule has 0 N–H and O–H groups in total. The standard InChI is InChI=1S/C23H20N2O4S/c1-15(22(26)25(2)14-20-24-18-10-6-7-11-19(18)30-20)29-23(27)21-17(12-13-28-21)16-8-4-3-5-9-16/h3-13,15H,14H2,1-2H3. The summed E-state index contributed by atoms with van der Waals surface area (Å²) >= 11 is 1.54. The topological polar surface area (TPSA) is 72.6 Å². The number of fused-ring (bicyclic) bond motifs is 1. The molecule has 1 amide bonds. The van der Waals surface area contributed by atoms with Crippen LogP contribution >= 0.6 is 11.3 Å². The molecule has 0 aliphatic rings. The minimum atomic E-state index is -0.953. The van der Waals surface area contributed by atoms with Crippen LogP contribution in [0.5, 0.6) is 0 Å². The van der Waals surface area contributed by atoms with Gasteiger partial charge in [-0.2, -0.15) is 0 Å². The van der Waals surface area contributed by atoms with Crippen LogP contribution in [0.25, 0.3) is 21.3 Å². The average Bonchev–Trinajstić information content (AvgIpc) is 3.40. The van der Waals surface area contributed by atoms with Crippen molar-refractivity contribution in [2.75, 3.05) is 7.05 Å². The molecule has 2 aromatic carbocycles. The summed E-state index contributed by atoms with van der Waals surface area (Å²) in [6, 6.07) is 18.9. The van der Waals surface area contributed by atoms with Gasteiger partial charge in [-0.1, -0.05) is 42.5 Å².